The number of halogens is 3. The van der Waals surface area contributed by atoms with Gasteiger partial charge >= 0.3 is 6.18 Å². The monoisotopic (exact) mass is 534 g/mol. The Hall–Kier alpha value is -3.67. The fraction of sp³-hybridized carbons (Fsp3) is 0.462. The normalized spacial score (nSPS) is 20.4. The third kappa shape index (κ3) is 6.60. The van der Waals surface area contributed by atoms with Gasteiger partial charge in [-0.1, -0.05) is 17.7 Å². The first-order valence-electron chi connectivity index (χ1n) is 12.4. The molecule has 0 atom stereocenters. The zero-order chi connectivity index (χ0) is 27.4. The Labute approximate surface area is 217 Å². The Bertz CT molecular complexity index is 1180. The first-order chi connectivity index (χ1) is 18.0. The van der Waals surface area contributed by atoms with Gasteiger partial charge in [0.15, 0.2) is 0 Å². The average molecular weight is 535 g/mol. The highest BCUT2D eigenvalue weighted by Crippen LogP contribution is 2.38. The molecule has 38 heavy (non-hydrogen) atoms. The zero-order valence-electron chi connectivity index (χ0n) is 20.9. The third-order valence-electron chi connectivity index (χ3n) is 6.91. The Morgan fingerprint density at radius 2 is 1.79 bits per heavy atom. The smallest absolute Gasteiger partial charge is 0.382 e. The topological polar surface area (TPSA) is 105 Å². The number of anilines is 2. The number of nitro benzene ring substituents is 1. The molecule has 2 aliphatic rings. The molecule has 2 amide bonds. The van der Waals surface area contributed by atoms with Crippen LogP contribution in [-0.4, -0.2) is 60.0 Å². The minimum Gasteiger partial charge on any atom is -0.382 e. The largest absolute Gasteiger partial charge is 0.423 e. The molecule has 1 saturated heterocycles. The molecule has 9 nitrogen and oxygen atoms in total. The third-order valence-corrected chi connectivity index (χ3v) is 6.91. The molecule has 2 aromatic rings. The van der Waals surface area contributed by atoms with Crippen LogP contribution in [0.25, 0.3) is 0 Å². The van der Waals surface area contributed by atoms with Crippen molar-refractivity contribution in [1.29, 1.82) is 0 Å². The number of carbonyl (C=O) groups excluding carboxylic acids is 2. The first kappa shape index (κ1) is 27.4. The molecule has 0 radical (unpaired) electrons. The number of piperazine rings is 1. The summed E-state index contributed by atoms with van der Waals surface area (Å²) in [4.78, 5) is 38.3. The molecule has 0 bridgehead atoms. The average Bonchev–Trinajstić information content (AvgIpc) is 2.88. The van der Waals surface area contributed by atoms with Gasteiger partial charge in [0.1, 0.15) is 18.7 Å². The lowest BCUT2D eigenvalue weighted by atomic mass is 9.92. The lowest BCUT2D eigenvalue weighted by Gasteiger charge is -2.35. The summed E-state index contributed by atoms with van der Waals surface area (Å²) in [6.07, 6.45) is -2.61. The molecular weight excluding hydrogens is 505 g/mol. The fourth-order valence-corrected chi connectivity index (χ4v) is 4.79. The highest BCUT2D eigenvalue weighted by atomic mass is 19.4. The summed E-state index contributed by atoms with van der Waals surface area (Å²) in [5, 5.41) is 14.0. The van der Waals surface area contributed by atoms with Gasteiger partial charge in [0.25, 0.3) is 5.69 Å². The van der Waals surface area contributed by atoms with Crippen LogP contribution in [-0.2, 0) is 20.5 Å². The van der Waals surface area contributed by atoms with Gasteiger partial charge in [0.05, 0.1) is 11.0 Å². The summed E-state index contributed by atoms with van der Waals surface area (Å²) in [6.45, 7) is 2.63. The van der Waals surface area contributed by atoms with Crippen LogP contribution in [0, 0.1) is 17.0 Å². The Kier molecular flexibility index (Phi) is 8.20. The van der Waals surface area contributed by atoms with E-state index in [1.165, 1.54) is 11.0 Å². The van der Waals surface area contributed by atoms with Crippen LogP contribution >= 0.6 is 0 Å². The van der Waals surface area contributed by atoms with Crippen LogP contribution < -0.4 is 10.2 Å². The molecule has 1 aliphatic heterocycles. The van der Waals surface area contributed by atoms with Crippen LogP contribution in [0.5, 0.6) is 0 Å². The summed E-state index contributed by atoms with van der Waals surface area (Å²) < 4.78 is 45.5. The van der Waals surface area contributed by atoms with Crippen molar-refractivity contribution in [3.05, 3.63) is 63.7 Å². The van der Waals surface area contributed by atoms with E-state index in [1.807, 2.05) is 31.2 Å². The van der Waals surface area contributed by atoms with E-state index in [0.29, 0.717) is 38.8 Å². The number of ether oxygens (including phenoxy) is 1. The van der Waals surface area contributed by atoms with Crippen LogP contribution in [0.2, 0.25) is 0 Å². The minimum absolute atomic E-state index is 0.0120. The Balaban J connectivity index is 1.22. The number of aryl methyl sites for hydroxylation is 1. The van der Waals surface area contributed by atoms with Crippen LogP contribution in [0.3, 0.4) is 0 Å². The van der Waals surface area contributed by atoms with Gasteiger partial charge in [-0.05, 0) is 56.9 Å². The van der Waals surface area contributed by atoms with Gasteiger partial charge in [0, 0.05) is 36.6 Å². The number of nitro groups is 1. The lowest BCUT2D eigenvalue weighted by molar-refractivity contribution is -0.388. The number of hydrogen-bond donors (Lipinski definition) is 1. The summed E-state index contributed by atoms with van der Waals surface area (Å²) in [7, 11) is 0. The number of rotatable bonds is 7. The van der Waals surface area contributed by atoms with Gasteiger partial charge in [-0.3, -0.25) is 19.7 Å². The van der Waals surface area contributed by atoms with Crippen molar-refractivity contribution in [2.45, 2.75) is 50.9 Å². The van der Waals surface area contributed by atoms with Crippen molar-refractivity contribution in [2.24, 2.45) is 0 Å². The molecule has 1 N–H and O–H groups in total. The van der Waals surface area contributed by atoms with E-state index in [2.05, 4.69) is 5.32 Å². The molecule has 0 spiro atoms. The van der Waals surface area contributed by atoms with Crippen molar-refractivity contribution >= 4 is 28.9 Å². The summed E-state index contributed by atoms with van der Waals surface area (Å²) in [5.41, 5.74) is -0.210. The maximum Gasteiger partial charge on any atom is 0.423 e. The standard InChI is InChI=1S/C26H29F3N4O5/c1-17-2-7-20(8-3-17)32-13-12-31(15-24(32)34)25(35)16-38-21-9-4-18(5-10-21)30-19-6-11-23(33(36)37)22(14-19)26(27,28)29/h2-3,6-8,11,14,18,21,30H,4-5,9-10,12-13,15-16H2,1H3. The van der Waals surface area contributed by atoms with Crippen LogP contribution in [0.4, 0.5) is 30.2 Å². The second kappa shape index (κ2) is 11.4. The molecule has 2 aromatic carbocycles. The minimum atomic E-state index is -4.84. The molecule has 1 heterocycles. The van der Waals surface area contributed by atoms with Crippen molar-refractivity contribution in [2.75, 3.05) is 36.5 Å². The van der Waals surface area contributed by atoms with E-state index in [1.54, 1.807) is 4.90 Å². The van der Waals surface area contributed by atoms with E-state index in [0.717, 1.165) is 23.4 Å². The highest BCUT2D eigenvalue weighted by Gasteiger charge is 2.38. The highest BCUT2D eigenvalue weighted by molar-refractivity contribution is 5.98. The predicted octanol–water partition coefficient (Wildman–Crippen LogP) is 4.54. The van der Waals surface area contributed by atoms with Crippen LogP contribution in [0.1, 0.15) is 36.8 Å². The molecule has 204 valence electrons. The van der Waals surface area contributed by atoms with E-state index < -0.39 is 22.4 Å². The number of nitrogens with zero attached hydrogens (tertiary/aromatic N) is 3. The van der Waals surface area contributed by atoms with E-state index >= 15 is 0 Å². The molecule has 4 rings (SSSR count). The molecule has 0 aromatic heterocycles. The van der Waals surface area contributed by atoms with Gasteiger partial charge < -0.3 is 19.9 Å². The zero-order valence-corrected chi connectivity index (χ0v) is 20.9. The second-order valence-corrected chi connectivity index (χ2v) is 9.61. The molecule has 1 saturated carbocycles. The van der Waals surface area contributed by atoms with Gasteiger partial charge in [-0.15, -0.1) is 0 Å². The molecule has 0 unspecified atom stereocenters. The molecule has 2 fully saturated rings. The van der Waals surface area contributed by atoms with Crippen molar-refractivity contribution in [3.8, 4) is 0 Å². The van der Waals surface area contributed by atoms with Gasteiger partial charge in [0.2, 0.25) is 11.8 Å². The molecule has 1 aliphatic carbocycles. The van der Waals surface area contributed by atoms with Crippen molar-refractivity contribution in [3.63, 3.8) is 0 Å². The quantitative estimate of drug-likeness (QED) is 0.413. The number of carbonyl (C=O) groups is 2. The number of benzene rings is 2. The van der Waals surface area contributed by atoms with Crippen LogP contribution in [0.15, 0.2) is 42.5 Å². The van der Waals surface area contributed by atoms with E-state index in [-0.39, 0.29) is 42.8 Å². The maximum absolute atomic E-state index is 13.2. The second-order valence-electron chi connectivity index (χ2n) is 9.61. The summed E-state index contributed by atoms with van der Waals surface area (Å²) >= 11 is 0. The Morgan fingerprint density at radius 3 is 2.39 bits per heavy atom. The number of hydrogen-bond acceptors (Lipinski definition) is 6. The van der Waals surface area contributed by atoms with E-state index in [9.17, 15) is 32.9 Å². The fourth-order valence-electron chi connectivity index (χ4n) is 4.79. The molecular formula is C26H29F3N4O5. The van der Waals surface area contributed by atoms with Gasteiger partial charge in [-0.25, -0.2) is 0 Å². The predicted molar refractivity (Wildman–Crippen MR) is 134 cm³/mol. The molecule has 12 heteroatoms. The number of alkyl halides is 3. The van der Waals surface area contributed by atoms with Crippen molar-refractivity contribution in [1.82, 2.24) is 4.90 Å². The number of nitrogens with one attached hydrogen (secondary N) is 1. The summed E-state index contributed by atoms with van der Waals surface area (Å²) in [6, 6.07) is 10.4. The lowest BCUT2D eigenvalue weighted by Crippen LogP contribution is -2.53. The first-order valence-corrected chi connectivity index (χ1v) is 12.4. The Morgan fingerprint density at radius 1 is 1.11 bits per heavy atom. The maximum atomic E-state index is 13.2. The SMILES string of the molecule is Cc1ccc(N2CCN(C(=O)COC3CCC(Nc4ccc([N+](=O)[O-])c(C(F)(F)F)c4)CC3)CC2=O)cc1. The number of amides is 2. The summed E-state index contributed by atoms with van der Waals surface area (Å²) in [5.74, 6) is -0.410. The van der Waals surface area contributed by atoms with E-state index in [4.69, 9.17) is 4.74 Å². The van der Waals surface area contributed by atoms with Gasteiger partial charge in [-0.2, -0.15) is 13.2 Å². The van der Waals surface area contributed by atoms with Crippen molar-refractivity contribution < 1.29 is 32.4 Å².